The topological polar surface area (TPSA) is 111 Å². The lowest BCUT2D eigenvalue weighted by molar-refractivity contribution is -0.137. The van der Waals surface area contributed by atoms with Gasteiger partial charge in [0.2, 0.25) is 11.5 Å². The van der Waals surface area contributed by atoms with E-state index in [-0.39, 0.29) is 29.3 Å². The number of piperidine rings is 1. The molecule has 29 heavy (non-hydrogen) atoms. The van der Waals surface area contributed by atoms with Crippen LogP contribution in [-0.2, 0) is 4.79 Å². The first-order valence-electron chi connectivity index (χ1n) is 10.4. The van der Waals surface area contributed by atoms with E-state index < -0.39 is 0 Å². The Morgan fingerprint density at radius 2 is 1.79 bits per heavy atom. The van der Waals surface area contributed by atoms with Crippen molar-refractivity contribution in [2.45, 2.75) is 50.5 Å². The second-order valence-corrected chi connectivity index (χ2v) is 8.08. The third-order valence-electron chi connectivity index (χ3n) is 6.23. The molecule has 1 aliphatic heterocycles. The Bertz CT molecular complexity index is 871. The maximum atomic E-state index is 12.9. The Morgan fingerprint density at radius 1 is 1.03 bits per heavy atom. The highest BCUT2D eigenvalue weighted by atomic mass is 16.2. The van der Waals surface area contributed by atoms with Gasteiger partial charge in [-0.3, -0.25) is 19.5 Å². The lowest BCUT2D eigenvalue weighted by atomic mass is 9.84. The molecule has 8 nitrogen and oxygen atoms in total. The van der Waals surface area contributed by atoms with Crippen molar-refractivity contribution in [2.24, 2.45) is 5.92 Å². The second-order valence-electron chi connectivity index (χ2n) is 8.08. The van der Waals surface area contributed by atoms with Gasteiger partial charge in [-0.15, -0.1) is 0 Å². The van der Waals surface area contributed by atoms with E-state index in [1.165, 1.54) is 18.3 Å². The molecule has 0 unspecified atom stereocenters. The maximum Gasteiger partial charge on any atom is 0.252 e. The molecule has 0 radical (unpaired) electrons. The number of H-pyrrole nitrogens is 2. The van der Waals surface area contributed by atoms with Gasteiger partial charge in [-0.2, -0.15) is 5.10 Å². The van der Waals surface area contributed by atoms with Gasteiger partial charge in [0.1, 0.15) is 0 Å². The third kappa shape index (κ3) is 4.58. The Balaban J connectivity index is 1.23. The highest BCUT2D eigenvalue weighted by Gasteiger charge is 2.32. The zero-order valence-corrected chi connectivity index (χ0v) is 16.4. The lowest BCUT2D eigenvalue weighted by Gasteiger charge is -2.36. The summed E-state index contributed by atoms with van der Waals surface area (Å²) >= 11 is 0. The van der Waals surface area contributed by atoms with Crippen LogP contribution in [0.25, 0.3) is 0 Å². The number of carbonyl (C=O) groups excluding carboxylic acids is 2. The zero-order chi connectivity index (χ0) is 20.2. The minimum Gasteiger partial charge on any atom is -0.349 e. The van der Waals surface area contributed by atoms with Crippen LogP contribution in [0.2, 0.25) is 0 Å². The number of hydrogen-bond acceptors (Lipinski definition) is 4. The maximum absolute atomic E-state index is 12.9. The molecule has 2 aromatic rings. The number of carbonyl (C=O) groups is 2. The van der Waals surface area contributed by atoms with Gasteiger partial charge in [0.05, 0.1) is 5.56 Å². The highest BCUT2D eigenvalue weighted by molar-refractivity contribution is 5.94. The van der Waals surface area contributed by atoms with Crippen molar-refractivity contribution in [2.75, 3.05) is 13.1 Å². The minimum atomic E-state index is -0.228. The van der Waals surface area contributed by atoms with Crippen molar-refractivity contribution in [3.63, 3.8) is 0 Å². The van der Waals surface area contributed by atoms with E-state index in [1.807, 2.05) is 11.0 Å². The molecule has 1 aliphatic carbocycles. The van der Waals surface area contributed by atoms with Crippen LogP contribution in [0.3, 0.4) is 0 Å². The number of nitrogens with zero attached hydrogens (tertiary/aromatic N) is 2. The first-order valence-corrected chi connectivity index (χ1v) is 10.4. The molecular formula is C21H27N5O3. The molecule has 1 saturated carbocycles. The largest absolute Gasteiger partial charge is 0.349 e. The fourth-order valence-electron chi connectivity index (χ4n) is 4.47. The summed E-state index contributed by atoms with van der Waals surface area (Å²) in [5.74, 6) is 0.593. The molecule has 1 saturated heterocycles. The zero-order valence-electron chi connectivity index (χ0n) is 16.4. The van der Waals surface area contributed by atoms with Gasteiger partial charge < -0.3 is 15.2 Å². The summed E-state index contributed by atoms with van der Waals surface area (Å²) in [6, 6.07) is 4.96. The molecular weight excluding hydrogens is 370 g/mol. The van der Waals surface area contributed by atoms with Crippen molar-refractivity contribution >= 4 is 11.8 Å². The quantitative estimate of drug-likeness (QED) is 0.730. The summed E-state index contributed by atoms with van der Waals surface area (Å²) in [4.78, 5) is 40.9. The van der Waals surface area contributed by atoms with Gasteiger partial charge in [-0.25, -0.2) is 0 Å². The van der Waals surface area contributed by atoms with E-state index in [2.05, 4.69) is 20.5 Å². The van der Waals surface area contributed by atoms with Gasteiger partial charge in [0.25, 0.3) is 5.91 Å². The standard InChI is InChI=1S/C21H27N5O3/c27-19-6-3-16(13-22-19)20(28)24-17-4-1-15(2-5-17)21(29)26-11-8-14(9-12-26)18-7-10-23-25-18/h3,6-7,10,13-15,17H,1-2,4-5,8-9,11-12H2,(H,22,27)(H,23,25)(H,24,28). The van der Waals surface area contributed by atoms with Gasteiger partial charge in [0.15, 0.2) is 0 Å². The van der Waals surface area contributed by atoms with Gasteiger partial charge in [-0.05, 0) is 50.7 Å². The molecule has 3 N–H and O–H groups in total. The predicted octanol–water partition coefficient (Wildman–Crippen LogP) is 1.79. The van der Waals surface area contributed by atoms with Crippen LogP contribution in [0.15, 0.2) is 35.4 Å². The summed E-state index contributed by atoms with van der Waals surface area (Å²) in [6.07, 6.45) is 8.36. The van der Waals surface area contributed by atoms with E-state index >= 15 is 0 Å². The van der Waals surface area contributed by atoms with Gasteiger partial charge in [-0.1, -0.05) is 0 Å². The molecule has 4 rings (SSSR count). The van der Waals surface area contributed by atoms with Crippen molar-refractivity contribution < 1.29 is 9.59 Å². The Kier molecular flexibility index (Phi) is 5.78. The molecule has 2 aromatic heterocycles. The summed E-state index contributed by atoms with van der Waals surface area (Å²) in [5, 5.41) is 10.1. The van der Waals surface area contributed by atoms with E-state index in [4.69, 9.17) is 0 Å². The van der Waals surface area contributed by atoms with E-state index in [1.54, 1.807) is 6.20 Å². The van der Waals surface area contributed by atoms with Crippen LogP contribution in [0.1, 0.15) is 60.5 Å². The summed E-state index contributed by atoms with van der Waals surface area (Å²) in [5.41, 5.74) is 1.38. The second kappa shape index (κ2) is 8.63. The number of nitrogens with one attached hydrogen (secondary N) is 3. The Morgan fingerprint density at radius 3 is 2.41 bits per heavy atom. The molecule has 2 fully saturated rings. The number of hydrogen-bond donors (Lipinski definition) is 3. The molecule has 154 valence electrons. The third-order valence-corrected chi connectivity index (χ3v) is 6.23. The molecule has 0 aromatic carbocycles. The van der Waals surface area contributed by atoms with E-state index in [0.717, 1.165) is 57.3 Å². The van der Waals surface area contributed by atoms with Crippen LogP contribution in [-0.4, -0.2) is 51.0 Å². The number of pyridine rings is 1. The molecule has 2 aliphatic rings. The summed E-state index contributed by atoms with van der Waals surface area (Å²) in [6.45, 7) is 1.59. The van der Waals surface area contributed by atoms with Crippen molar-refractivity contribution in [3.05, 3.63) is 52.2 Å². The first-order chi connectivity index (χ1) is 14.1. The van der Waals surface area contributed by atoms with Crippen LogP contribution in [0, 0.1) is 5.92 Å². The minimum absolute atomic E-state index is 0.0555. The molecule has 0 spiro atoms. The summed E-state index contributed by atoms with van der Waals surface area (Å²) in [7, 11) is 0. The molecule has 2 amide bonds. The SMILES string of the molecule is O=C(NC1CCC(C(=O)N2CCC(c3ccn[nH]3)CC2)CC1)c1ccc(=O)[nH]c1. The summed E-state index contributed by atoms with van der Waals surface area (Å²) < 4.78 is 0. The normalized spacial score (nSPS) is 23.0. The number of likely N-dealkylation sites (tertiary alicyclic amines) is 1. The fraction of sp³-hybridized carbons (Fsp3) is 0.524. The van der Waals surface area contributed by atoms with Crippen LogP contribution in [0.4, 0.5) is 0 Å². The van der Waals surface area contributed by atoms with Crippen molar-refractivity contribution in [1.82, 2.24) is 25.4 Å². The number of aromatic nitrogens is 3. The molecule has 3 heterocycles. The first kappa shape index (κ1) is 19.4. The van der Waals surface area contributed by atoms with Crippen LogP contribution in [0.5, 0.6) is 0 Å². The molecule has 8 heteroatoms. The van der Waals surface area contributed by atoms with Crippen molar-refractivity contribution in [1.29, 1.82) is 0 Å². The highest BCUT2D eigenvalue weighted by Crippen LogP contribution is 2.30. The number of amides is 2. The average Bonchev–Trinajstić information content (AvgIpc) is 3.29. The number of aromatic amines is 2. The number of rotatable bonds is 4. The van der Waals surface area contributed by atoms with Gasteiger partial charge in [0, 0.05) is 55.1 Å². The van der Waals surface area contributed by atoms with Crippen LogP contribution < -0.4 is 10.9 Å². The van der Waals surface area contributed by atoms with Gasteiger partial charge >= 0.3 is 0 Å². The monoisotopic (exact) mass is 397 g/mol. The Hall–Kier alpha value is -2.90. The van der Waals surface area contributed by atoms with E-state index in [9.17, 15) is 14.4 Å². The molecule has 0 atom stereocenters. The van der Waals surface area contributed by atoms with E-state index in [0.29, 0.717) is 11.5 Å². The Labute approximate surface area is 169 Å². The van der Waals surface area contributed by atoms with Crippen LogP contribution >= 0.6 is 0 Å². The molecule has 0 bridgehead atoms. The lowest BCUT2D eigenvalue weighted by Crippen LogP contribution is -2.44. The fourth-order valence-corrected chi connectivity index (χ4v) is 4.47. The predicted molar refractivity (Wildman–Crippen MR) is 107 cm³/mol. The smallest absolute Gasteiger partial charge is 0.252 e. The average molecular weight is 397 g/mol. The van der Waals surface area contributed by atoms with Crippen molar-refractivity contribution in [3.8, 4) is 0 Å².